The third-order valence-electron chi connectivity index (χ3n) is 12.1. The average molecular weight is 865 g/mol. The van der Waals surface area contributed by atoms with Gasteiger partial charge in [0.1, 0.15) is 11.5 Å². The van der Waals surface area contributed by atoms with Crippen LogP contribution in [0.15, 0.2) is 195 Å². The number of esters is 2. The summed E-state index contributed by atoms with van der Waals surface area (Å²) in [4.78, 5) is 28.1. The summed E-state index contributed by atoms with van der Waals surface area (Å²) >= 11 is 0. The maximum atomic E-state index is 11.7. The minimum Gasteiger partial charge on any atom is -0.423 e. The summed E-state index contributed by atoms with van der Waals surface area (Å²) in [6.07, 6.45) is 2.30. The Balaban J connectivity index is 1.14. The number of hydrogen-bond acceptors (Lipinski definition) is 6. The number of carbonyl (C=O) groups excluding carboxylic acids is 2. The van der Waals surface area contributed by atoms with Gasteiger partial charge in [-0.3, -0.25) is 0 Å². The van der Waals surface area contributed by atoms with E-state index in [0.29, 0.717) is 11.5 Å². The molecule has 8 aromatic carbocycles. The summed E-state index contributed by atoms with van der Waals surface area (Å²) < 4.78 is 10.6. The molecule has 326 valence electrons. The predicted octanol–water partition coefficient (Wildman–Crippen LogP) is 15.7. The number of hydrogen-bond donors (Lipinski definition) is 0. The third kappa shape index (κ3) is 9.64. The molecular weight excluding hydrogens is 813 g/mol. The summed E-state index contributed by atoms with van der Waals surface area (Å²) in [5.41, 5.74) is 20.1. The number of aryl methyl sites for hydroxylation is 6. The average Bonchev–Trinajstić information content (AvgIpc) is 3.33. The van der Waals surface area contributed by atoms with Crippen molar-refractivity contribution in [3.8, 4) is 44.9 Å². The van der Waals surface area contributed by atoms with E-state index in [4.69, 9.17) is 9.47 Å². The van der Waals surface area contributed by atoms with Gasteiger partial charge >= 0.3 is 11.9 Å². The van der Waals surface area contributed by atoms with Gasteiger partial charge in [0.25, 0.3) is 0 Å². The first-order valence-electron chi connectivity index (χ1n) is 21.9. The van der Waals surface area contributed by atoms with Crippen LogP contribution >= 0.6 is 0 Å². The van der Waals surface area contributed by atoms with Crippen molar-refractivity contribution in [2.75, 3.05) is 9.80 Å². The van der Waals surface area contributed by atoms with Gasteiger partial charge in [-0.2, -0.15) is 0 Å². The standard InChI is InChI=1S/C60H52N2O4/c1-9-59(63)65-55-29-17-47(18-30-55)45-13-25-51(26-14-45)61(52-27-15-46(16-28-52)48-19-31-56(32-20-48)66-60(64)10-2)57-33-21-49(35-43(57)7)50-22-34-58(44(8)36-50)62(53-23-11-39(3)41(5)37-53)54-24-12-40(4)42(6)38-54/h9-38H,1-2H2,3-8H3. The molecule has 0 heterocycles. The molecule has 6 nitrogen and oxygen atoms in total. The first kappa shape index (κ1) is 44.4. The Bertz CT molecular complexity index is 2930. The molecule has 8 rings (SSSR count). The van der Waals surface area contributed by atoms with Crippen molar-refractivity contribution in [3.63, 3.8) is 0 Å². The molecule has 0 aromatic heterocycles. The van der Waals surface area contributed by atoms with Gasteiger partial charge in [-0.25, -0.2) is 9.59 Å². The van der Waals surface area contributed by atoms with Crippen LogP contribution in [0.5, 0.6) is 11.5 Å². The lowest BCUT2D eigenvalue weighted by Gasteiger charge is -2.29. The Morgan fingerprint density at radius 3 is 0.970 bits per heavy atom. The Labute approximate surface area is 388 Å². The van der Waals surface area contributed by atoms with Gasteiger partial charge < -0.3 is 19.3 Å². The van der Waals surface area contributed by atoms with Gasteiger partial charge in [0.15, 0.2) is 0 Å². The van der Waals surface area contributed by atoms with Crippen molar-refractivity contribution in [2.45, 2.75) is 41.5 Å². The number of anilines is 6. The summed E-state index contributed by atoms with van der Waals surface area (Å²) in [5, 5.41) is 0. The molecule has 0 radical (unpaired) electrons. The van der Waals surface area contributed by atoms with E-state index in [2.05, 4.69) is 186 Å². The van der Waals surface area contributed by atoms with E-state index in [1.807, 2.05) is 24.3 Å². The van der Waals surface area contributed by atoms with Crippen LogP contribution in [0, 0.1) is 41.5 Å². The zero-order valence-corrected chi connectivity index (χ0v) is 38.3. The zero-order chi connectivity index (χ0) is 46.5. The highest BCUT2D eigenvalue weighted by Gasteiger charge is 2.19. The van der Waals surface area contributed by atoms with Gasteiger partial charge in [0, 0.05) is 46.3 Å². The normalized spacial score (nSPS) is 10.8. The van der Waals surface area contributed by atoms with Crippen LogP contribution in [0.3, 0.4) is 0 Å². The van der Waals surface area contributed by atoms with E-state index in [0.717, 1.165) is 85.2 Å². The van der Waals surface area contributed by atoms with Crippen LogP contribution in [0.2, 0.25) is 0 Å². The summed E-state index contributed by atoms with van der Waals surface area (Å²) in [6, 6.07) is 58.7. The zero-order valence-electron chi connectivity index (χ0n) is 38.3. The predicted molar refractivity (Wildman–Crippen MR) is 272 cm³/mol. The van der Waals surface area contributed by atoms with Crippen molar-refractivity contribution in [1.82, 2.24) is 0 Å². The van der Waals surface area contributed by atoms with Crippen molar-refractivity contribution in [2.24, 2.45) is 0 Å². The van der Waals surface area contributed by atoms with Gasteiger partial charge in [-0.15, -0.1) is 0 Å². The molecular formula is C60H52N2O4. The molecule has 0 unspecified atom stereocenters. The highest BCUT2D eigenvalue weighted by molar-refractivity contribution is 5.86. The molecule has 0 aliphatic rings. The molecule has 0 N–H and O–H groups in total. The maximum Gasteiger partial charge on any atom is 0.335 e. The number of carbonyl (C=O) groups is 2. The molecule has 0 aliphatic carbocycles. The molecule has 8 aromatic rings. The number of ether oxygens (including phenoxy) is 2. The second-order valence-corrected chi connectivity index (χ2v) is 16.6. The van der Waals surface area contributed by atoms with Crippen molar-refractivity contribution < 1.29 is 19.1 Å². The van der Waals surface area contributed by atoms with E-state index in [1.165, 1.54) is 27.8 Å². The summed E-state index contributed by atoms with van der Waals surface area (Å²) in [7, 11) is 0. The highest BCUT2D eigenvalue weighted by atomic mass is 16.5. The monoisotopic (exact) mass is 864 g/mol. The van der Waals surface area contributed by atoms with Crippen LogP contribution in [0.4, 0.5) is 34.1 Å². The molecule has 0 bridgehead atoms. The smallest absolute Gasteiger partial charge is 0.335 e. The molecule has 0 aliphatic heterocycles. The Morgan fingerprint density at radius 1 is 0.348 bits per heavy atom. The van der Waals surface area contributed by atoms with Crippen molar-refractivity contribution in [1.29, 1.82) is 0 Å². The Morgan fingerprint density at radius 2 is 0.652 bits per heavy atom. The maximum absolute atomic E-state index is 11.7. The molecule has 0 saturated heterocycles. The third-order valence-corrected chi connectivity index (χ3v) is 12.1. The van der Waals surface area contributed by atoms with Crippen LogP contribution in [-0.2, 0) is 9.59 Å². The van der Waals surface area contributed by atoms with Gasteiger partial charge in [0.05, 0.1) is 0 Å². The number of benzene rings is 8. The number of nitrogens with zero attached hydrogens (tertiary/aromatic N) is 2. The van der Waals surface area contributed by atoms with Crippen LogP contribution in [0.1, 0.15) is 33.4 Å². The lowest BCUT2D eigenvalue weighted by Crippen LogP contribution is -2.12. The molecule has 0 saturated carbocycles. The molecule has 0 atom stereocenters. The molecule has 6 heteroatoms. The van der Waals surface area contributed by atoms with Crippen molar-refractivity contribution in [3.05, 3.63) is 229 Å². The summed E-state index contributed by atoms with van der Waals surface area (Å²) in [5.74, 6) is -0.0670. The van der Waals surface area contributed by atoms with E-state index >= 15 is 0 Å². The fourth-order valence-electron chi connectivity index (χ4n) is 8.11. The minimum absolute atomic E-state index is 0.462. The van der Waals surface area contributed by atoms with Crippen LogP contribution < -0.4 is 19.3 Å². The fraction of sp³-hybridized carbons (Fsp3) is 0.100. The second-order valence-electron chi connectivity index (χ2n) is 16.6. The highest BCUT2D eigenvalue weighted by Crippen LogP contribution is 2.42. The largest absolute Gasteiger partial charge is 0.423 e. The van der Waals surface area contributed by atoms with Crippen molar-refractivity contribution >= 4 is 46.1 Å². The van der Waals surface area contributed by atoms with Crippen LogP contribution in [0.25, 0.3) is 33.4 Å². The minimum atomic E-state index is -0.495. The Kier molecular flexibility index (Phi) is 13.0. The van der Waals surface area contributed by atoms with Crippen LogP contribution in [-0.4, -0.2) is 11.9 Å². The lowest BCUT2D eigenvalue weighted by atomic mass is 9.98. The van der Waals surface area contributed by atoms with Gasteiger partial charge in [0.2, 0.25) is 0 Å². The molecule has 66 heavy (non-hydrogen) atoms. The van der Waals surface area contributed by atoms with E-state index < -0.39 is 11.9 Å². The van der Waals surface area contributed by atoms with E-state index in [1.54, 1.807) is 24.3 Å². The van der Waals surface area contributed by atoms with Gasteiger partial charge in [-0.1, -0.05) is 86.0 Å². The first-order valence-corrected chi connectivity index (χ1v) is 21.9. The van der Waals surface area contributed by atoms with Gasteiger partial charge in [-0.05, 0) is 205 Å². The second kappa shape index (κ2) is 19.3. The fourth-order valence-corrected chi connectivity index (χ4v) is 8.11. The topological polar surface area (TPSA) is 59.1 Å². The first-order chi connectivity index (χ1) is 31.9. The van der Waals surface area contributed by atoms with E-state index in [-0.39, 0.29) is 0 Å². The SMILES string of the molecule is C=CC(=O)Oc1ccc(-c2ccc(N(c3ccc(-c4ccc(OC(=O)C=C)cc4)cc3)c3ccc(-c4ccc(N(c5ccc(C)c(C)c5)c5ccc(C)c(C)c5)c(C)c4)cc3C)cc2)cc1. The lowest BCUT2D eigenvalue weighted by molar-refractivity contribution is -0.129. The Hall–Kier alpha value is -8.22. The molecule has 0 amide bonds. The quantitative estimate of drug-likeness (QED) is 0.0654. The molecule has 0 fully saturated rings. The summed E-state index contributed by atoms with van der Waals surface area (Å²) in [6.45, 7) is 20.0. The number of rotatable bonds is 13. The molecule has 0 spiro atoms. The van der Waals surface area contributed by atoms with E-state index in [9.17, 15) is 9.59 Å².